The van der Waals surface area contributed by atoms with Crippen LogP contribution in [0.3, 0.4) is 0 Å². The van der Waals surface area contributed by atoms with E-state index in [1.54, 1.807) is 18.6 Å². The molecule has 0 radical (unpaired) electrons. The van der Waals surface area contributed by atoms with Crippen molar-refractivity contribution < 1.29 is 13.7 Å². The fraction of sp³-hybridized carbons (Fsp3) is 0.462. The van der Waals surface area contributed by atoms with Gasteiger partial charge in [-0.15, -0.1) is 12.4 Å². The number of likely N-dealkylation sites (N-methyl/N-ethyl adjacent to an activating group) is 1. The van der Waals surface area contributed by atoms with Gasteiger partial charge in [-0.2, -0.15) is 4.98 Å². The summed E-state index contributed by atoms with van der Waals surface area (Å²) in [6, 6.07) is 1.75. The van der Waals surface area contributed by atoms with Crippen LogP contribution in [-0.2, 0) is 11.2 Å². The quantitative estimate of drug-likeness (QED) is 0.716. The monoisotopic (exact) mass is 314 g/mol. The van der Waals surface area contributed by atoms with E-state index >= 15 is 0 Å². The molecule has 2 aromatic rings. The lowest BCUT2D eigenvalue weighted by atomic mass is 10.3. The highest BCUT2D eigenvalue weighted by Crippen LogP contribution is 2.16. The van der Waals surface area contributed by atoms with E-state index in [9.17, 15) is 4.79 Å². The first-order chi connectivity index (χ1) is 9.79. The lowest BCUT2D eigenvalue weighted by Gasteiger charge is -2.03. The van der Waals surface area contributed by atoms with Gasteiger partial charge >= 0.3 is 0 Å². The Bertz CT molecular complexity index is 527. The average molecular weight is 315 g/mol. The van der Waals surface area contributed by atoms with Gasteiger partial charge in [-0.25, -0.2) is 0 Å². The van der Waals surface area contributed by atoms with Crippen LogP contribution in [-0.4, -0.2) is 35.7 Å². The molecule has 8 heteroatoms. The Balaban J connectivity index is 0.00000220. The van der Waals surface area contributed by atoms with Crippen molar-refractivity contribution in [3.05, 3.63) is 24.5 Å². The molecule has 0 unspecified atom stereocenters. The third-order valence-electron chi connectivity index (χ3n) is 2.69. The smallest absolute Gasteiger partial charge is 0.227 e. The highest BCUT2D eigenvalue weighted by Gasteiger charge is 2.11. The van der Waals surface area contributed by atoms with E-state index in [2.05, 4.69) is 20.8 Å². The van der Waals surface area contributed by atoms with Crippen molar-refractivity contribution in [3.8, 4) is 11.4 Å². The highest BCUT2D eigenvalue weighted by molar-refractivity contribution is 5.85. The van der Waals surface area contributed by atoms with E-state index in [1.165, 1.54) is 0 Å². The third-order valence-corrected chi connectivity index (χ3v) is 2.69. The number of amides is 1. The van der Waals surface area contributed by atoms with Crippen molar-refractivity contribution in [2.24, 2.45) is 0 Å². The Kier molecular flexibility index (Phi) is 7.49. The highest BCUT2D eigenvalue weighted by atomic mass is 35.5. The van der Waals surface area contributed by atoms with Gasteiger partial charge < -0.3 is 19.6 Å². The summed E-state index contributed by atoms with van der Waals surface area (Å²) in [5, 5.41) is 9.78. The molecule has 7 nitrogen and oxygen atoms in total. The molecule has 0 atom stereocenters. The second-order valence-corrected chi connectivity index (χ2v) is 4.23. The molecule has 0 aliphatic rings. The first kappa shape index (κ1) is 17.2. The molecule has 0 aliphatic heterocycles. The molecule has 0 aromatic carbocycles. The number of nitrogens with one attached hydrogen (secondary N) is 2. The van der Waals surface area contributed by atoms with Gasteiger partial charge in [0, 0.05) is 25.9 Å². The standard InChI is InChI=1S/C13H18N4O3.ClH/c1-2-14-6-7-15-11(18)3-4-12-16-13(17-20-12)10-5-8-19-9-10;/h5,8-9,14H,2-4,6-7H2,1H3,(H,15,18);1H. The topological polar surface area (TPSA) is 93.2 Å². The summed E-state index contributed by atoms with van der Waals surface area (Å²) in [6.07, 6.45) is 3.85. The molecule has 0 saturated heterocycles. The van der Waals surface area contributed by atoms with Gasteiger partial charge in [0.05, 0.1) is 11.8 Å². The third kappa shape index (κ3) is 5.57. The van der Waals surface area contributed by atoms with E-state index in [0.717, 1.165) is 18.7 Å². The van der Waals surface area contributed by atoms with Gasteiger partial charge in [-0.3, -0.25) is 4.79 Å². The zero-order chi connectivity index (χ0) is 14.2. The first-order valence-electron chi connectivity index (χ1n) is 6.62. The molecule has 116 valence electrons. The summed E-state index contributed by atoms with van der Waals surface area (Å²) >= 11 is 0. The van der Waals surface area contributed by atoms with Crippen LogP contribution in [0.4, 0.5) is 0 Å². The molecule has 2 rings (SSSR count). The van der Waals surface area contributed by atoms with Crippen LogP contribution in [0.15, 0.2) is 27.5 Å². The lowest BCUT2D eigenvalue weighted by Crippen LogP contribution is -2.31. The van der Waals surface area contributed by atoms with Gasteiger partial charge in [0.25, 0.3) is 0 Å². The fourth-order valence-electron chi connectivity index (χ4n) is 1.64. The number of carbonyl (C=O) groups excluding carboxylic acids is 1. The molecule has 0 spiro atoms. The predicted molar refractivity (Wildman–Crippen MR) is 79.1 cm³/mol. The number of carbonyl (C=O) groups is 1. The summed E-state index contributed by atoms with van der Waals surface area (Å²) in [5.41, 5.74) is 0.759. The van der Waals surface area contributed by atoms with Crippen molar-refractivity contribution in [1.29, 1.82) is 0 Å². The summed E-state index contributed by atoms with van der Waals surface area (Å²) in [4.78, 5) is 15.8. The number of nitrogens with zero attached hydrogens (tertiary/aromatic N) is 2. The maximum absolute atomic E-state index is 11.6. The number of furan rings is 1. The second-order valence-electron chi connectivity index (χ2n) is 4.23. The Morgan fingerprint density at radius 3 is 2.95 bits per heavy atom. The van der Waals surface area contributed by atoms with Crippen molar-refractivity contribution in [1.82, 2.24) is 20.8 Å². The Hall–Kier alpha value is -1.86. The lowest BCUT2D eigenvalue weighted by molar-refractivity contribution is -0.121. The van der Waals surface area contributed by atoms with Gasteiger partial charge in [0.15, 0.2) is 0 Å². The molecule has 2 heterocycles. The maximum atomic E-state index is 11.6. The predicted octanol–water partition coefficient (Wildman–Crippen LogP) is 1.41. The minimum absolute atomic E-state index is 0. The van der Waals surface area contributed by atoms with Gasteiger partial charge in [0.2, 0.25) is 17.6 Å². The van der Waals surface area contributed by atoms with Crippen molar-refractivity contribution in [2.45, 2.75) is 19.8 Å². The largest absolute Gasteiger partial charge is 0.472 e. The molecular weight excluding hydrogens is 296 g/mol. The van der Waals surface area contributed by atoms with Crippen LogP contribution < -0.4 is 10.6 Å². The number of halogens is 1. The molecule has 0 fully saturated rings. The van der Waals surface area contributed by atoms with E-state index < -0.39 is 0 Å². The van der Waals surface area contributed by atoms with E-state index in [4.69, 9.17) is 8.94 Å². The molecule has 21 heavy (non-hydrogen) atoms. The molecular formula is C13H19ClN4O3. The molecule has 2 aromatic heterocycles. The minimum atomic E-state index is -0.0223. The fourth-order valence-corrected chi connectivity index (χ4v) is 1.64. The van der Waals surface area contributed by atoms with Crippen molar-refractivity contribution >= 4 is 18.3 Å². The molecule has 1 amide bonds. The van der Waals surface area contributed by atoms with E-state index in [1.807, 2.05) is 6.92 Å². The van der Waals surface area contributed by atoms with Crippen LogP contribution in [0.1, 0.15) is 19.2 Å². The number of aromatic nitrogens is 2. The minimum Gasteiger partial charge on any atom is -0.472 e. The van der Waals surface area contributed by atoms with Gasteiger partial charge in [-0.1, -0.05) is 12.1 Å². The molecule has 2 N–H and O–H groups in total. The Morgan fingerprint density at radius 2 is 2.24 bits per heavy atom. The summed E-state index contributed by atoms with van der Waals surface area (Å²) in [6.45, 7) is 4.31. The van der Waals surface area contributed by atoms with Crippen molar-refractivity contribution in [2.75, 3.05) is 19.6 Å². The Labute approximate surface area is 128 Å². The van der Waals surface area contributed by atoms with Gasteiger partial charge in [0.1, 0.15) is 6.26 Å². The van der Waals surface area contributed by atoms with E-state index in [-0.39, 0.29) is 18.3 Å². The van der Waals surface area contributed by atoms with Crippen molar-refractivity contribution in [3.63, 3.8) is 0 Å². The molecule has 0 saturated carbocycles. The summed E-state index contributed by atoms with van der Waals surface area (Å²) < 4.78 is 10.0. The Morgan fingerprint density at radius 1 is 1.38 bits per heavy atom. The zero-order valence-corrected chi connectivity index (χ0v) is 12.6. The number of rotatable bonds is 8. The van der Waals surface area contributed by atoms with Crippen LogP contribution >= 0.6 is 12.4 Å². The molecule has 0 bridgehead atoms. The van der Waals surface area contributed by atoms with E-state index in [0.29, 0.717) is 31.1 Å². The number of aryl methyl sites for hydroxylation is 1. The summed E-state index contributed by atoms with van der Waals surface area (Å²) in [5.74, 6) is 0.898. The van der Waals surface area contributed by atoms with Crippen LogP contribution in [0.2, 0.25) is 0 Å². The average Bonchev–Trinajstić information content (AvgIpc) is 3.11. The normalized spacial score (nSPS) is 10.1. The summed E-state index contributed by atoms with van der Waals surface area (Å²) in [7, 11) is 0. The first-order valence-corrected chi connectivity index (χ1v) is 6.62. The van der Waals surface area contributed by atoms with Gasteiger partial charge in [-0.05, 0) is 12.6 Å². The van der Waals surface area contributed by atoms with Crippen LogP contribution in [0.5, 0.6) is 0 Å². The maximum Gasteiger partial charge on any atom is 0.227 e. The number of hydrogen-bond donors (Lipinski definition) is 2. The van der Waals surface area contributed by atoms with Crippen LogP contribution in [0, 0.1) is 0 Å². The van der Waals surface area contributed by atoms with Crippen LogP contribution in [0.25, 0.3) is 11.4 Å². The second kappa shape index (κ2) is 9.15. The SMILES string of the molecule is CCNCCNC(=O)CCc1nc(-c2ccoc2)no1.Cl. The molecule has 0 aliphatic carbocycles. The number of hydrogen-bond acceptors (Lipinski definition) is 6. The zero-order valence-electron chi connectivity index (χ0n) is 11.8.